The van der Waals surface area contributed by atoms with Gasteiger partial charge in [-0.1, -0.05) is 0 Å². The molecule has 0 aliphatic heterocycles. The lowest BCUT2D eigenvalue weighted by atomic mass is 9.84. The Morgan fingerprint density at radius 2 is 1.95 bits per heavy atom. The standard InChI is InChI=1S/C14H16FNO5S/c1-9(17)16-10-4-5-12(11(15)8-10)22(19,20)14(6-3-7-14)13(18)21-2/h4-5,8H,3,6-7H2,1-2H3,(H,16,17). The third-order valence-electron chi connectivity index (χ3n) is 3.77. The van der Waals surface area contributed by atoms with Crippen molar-refractivity contribution in [3.05, 3.63) is 24.0 Å². The Balaban J connectivity index is 2.46. The number of esters is 1. The first-order chi connectivity index (χ1) is 10.2. The van der Waals surface area contributed by atoms with E-state index in [1.54, 1.807) is 0 Å². The van der Waals surface area contributed by atoms with Crippen LogP contribution >= 0.6 is 0 Å². The normalized spacial score (nSPS) is 16.5. The summed E-state index contributed by atoms with van der Waals surface area (Å²) in [6, 6.07) is 3.25. The predicted octanol–water partition coefficient (Wildman–Crippen LogP) is 1.65. The summed E-state index contributed by atoms with van der Waals surface area (Å²) in [6.45, 7) is 1.25. The van der Waals surface area contributed by atoms with E-state index in [1.165, 1.54) is 13.0 Å². The van der Waals surface area contributed by atoms with Gasteiger partial charge in [0.2, 0.25) is 5.91 Å². The number of carbonyl (C=O) groups excluding carboxylic acids is 2. The van der Waals surface area contributed by atoms with Crippen molar-refractivity contribution in [3.8, 4) is 0 Å². The van der Waals surface area contributed by atoms with Gasteiger partial charge >= 0.3 is 5.97 Å². The Morgan fingerprint density at radius 1 is 1.32 bits per heavy atom. The maximum Gasteiger partial charge on any atom is 0.327 e. The van der Waals surface area contributed by atoms with Crippen molar-refractivity contribution in [1.82, 2.24) is 0 Å². The summed E-state index contributed by atoms with van der Waals surface area (Å²) in [6.07, 6.45) is 0.768. The maximum absolute atomic E-state index is 14.2. The molecule has 1 N–H and O–H groups in total. The number of hydrogen-bond acceptors (Lipinski definition) is 5. The molecule has 0 aromatic heterocycles. The highest BCUT2D eigenvalue weighted by molar-refractivity contribution is 7.93. The first-order valence-electron chi connectivity index (χ1n) is 6.65. The van der Waals surface area contributed by atoms with E-state index in [9.17, 15) is 22.4 Å². The summed E-state index contributed by atoms with van der Waals surface area (Å²) in [7, 11) is -3.11. The number of nitrogens with one attached hydrogen (secondary N) is 1. The van der Waals surface area contributed by atoms with E-state index in [-0.39, 0.29) is 18.5 Å². The first kappa shape index (κ1) is 16.4. The Labute approximate surface area is 127 Å². The van der Waals surface area contributed by atoms with Crippen LogP contribution in [0.25, 0.3) is 0 Å². The van der Waals surface area contributed by atoms with Gasteiger partial charge in [-0.2, -0.15) is 0 Å². The molecule has 1 saturated carbocycles. The molecular formula is C14H16FNO5S. The molecule has 0 saturated heterocycles. The molecule has 0 atom stereocenters. The van der Waals surface area contributed by atoms with Gasteiger partial charge in [-0.3, -0.25) is 9.59 Å². The number of hydrogen-bond donors (Lipinski definition) is 1. The minimum Gasteiger partial charge on any atom is -0.468 e. The van der Waals surface area contributed by atoms with Crippen LogP contribution < -0.4 is 5.32 Å². The van der Waals surface area contributed by atoms with Gasteiger partial charge in [0.1, 0.15) is 10.7 Å². The van der Waals surface area contributed by atoms with Crippen LogP contribution in [0.2, 0.25) is 0 Å². The Kier molecular flexibility index (Phi) is 4.23. The van der Waals surface area contributed by atoms with Crippen molar-refractivity contribution in [3.63, 3.8) is 0 Å². The smallest absolute Gasteiger partial charge is 0.327 e. The SMILES string of the molecule is COC(=O)C1(S(=O)(=O)c2ccc(NC(C)=O)cc2F)CCC1. The number of methoxy groups -OCH3 is 1. The van der Waals surface area contributed by atoms with Gasteiger partial charge in [0.25, 0.3) is 0 Å². The fraction of sp³-hybridized carbons (Fsp3) is 0.429. The van der Waals surface area contributed by atoms with Gasteiger partial charge in [-0.25, -0.2) is 12.8 Å². The van der Waals surface area contributed by atoms with E-state index >= 15 is 0 Å². The molecule has 0 heterocycles. The zero-order valence-corrected chi connectivity index (χ0v) is 13.0. The molecule has 2 rings (SSSR count). The zero-order chi connectivity index (χ0) is 16.5. The van der Waals surface area contributed by atoms with E-state index in [0.29, 0.717) is 6.42 Å². The molecule has 6 nitrogen and oxygen atoms in total. The second kappa shape index (κ2) is 5.68. The van der Waals surface area contributed by atoms with Crippen molar-refractivity contribution in [2.24, 2.45) is 0 Å². The second-order valence-corrected chi connectivity index (χ2v) is 7.40. The molecule has 0 unspecified atom stereocenters. The van der Waals surface area contributed by atoms with Gasteiger partial charge in [0.05, 0.1) is 7.11 Å². The van der Waals surface area contributed by atoms with Gasteiger partial charge in [-0.15, -0.1) is 0 Å². The van der Waals surface area contributed by atoms with Crippen molar-refractivity contribution >= 4 is 27.4 Å². The Bertz CT molecular complexity index is 725. The number of amides is 1. The highest BCUT2D eigenvalue weighted by Gasteiger charge is 2.57. The average Bonchev–Trinajstić information content (AvgIpc) is 2.35. The van der Waals surface area contributed by atoms with E-state index in [1.807, 2.05) is 0 Å². The molecule has 0 bridgehead atoms. The lowest BCUT2D eigenvalue weighted by molar-refractivity contribution is -0.146. The van der Waals surface area contributed by atoms with Gasteiger partial charge in [0.15, 0.2) is 14.6 Å². The molecule has 8 heteroatoms. The third kappa shape index (κ3) is 2.47. The topological polar surface area (TPSA) is 89.5 Å². The van der Waals surface area contributed by atoms with Gasteiger partial charge < -0.3 is 10.1 Å². The second-order valence-electron chi connectivity index (χ2n) is 5.17. The van der Waals surface area contributed by atoms with Crippen LogP contribution in [0.4, 0.5) is 10.1 Å². The Hall–Kier alpha value is -1.96. The molecule has 0 radical (unpaired) electrons. The van der Waals surface area contributed by atoms with Crippen LogP contribution in [-0.4, -0.2) is 32.2 Å². The highest BCUT2D eigenvalue weighted by atomic mass is 32.2. The van der Waals surface area contributed by atoms with Crippen LogP contribution in [0.15, 0.2) is 23.1 Å². The lowest BCUT2D eigenvalue weighted by Gasteiger charge is -2.37. The number of sulfone groups is 1. The molecule has 1 aromatic carbocycles. The zero-order valence-electron chi connectivity index (χ0n) is 12.2. The average molecular weight is 329 g/mol. The highest BCUT2D eigenvalue weighted by Crippen LogP contribution is 2.44. The minimum absolute atomic E-state index is 0.106. The fourth-order valence-corrected chi connectivity index (χ4v) is 4.59. The molecule has 0 spiro atoms. The van der Waals surface area contributed by atoms with Crippen LogP contribution in [0.1, 0.15) is 26.2 Å². The maximum atomic E-state index is 14.2. The molecule has 1 aliphatic carbocycles. The summed E-state index contributed by atoms with van der Waals surface area (Å²) >= 11 is 0. The number of rotatable bonds is 4. The predicted molar refractivity (Wildman–Crippen MR) is 76.5 cm³/mol. The quantitative estimate of drug-likeness (QED) is 0.849. The summed E-state index contributed by atoms with van der Waals surface area (Å²) in [5.74, 6) is -2.29. The summed E-state index contributed by atoms with van der Waals surface area (Å²) in [5, 5.41) is 2.36. The molecule has 1 aromatic rings. The Morgan fingerprint density at radius 3 is 2.36 bits per heavy atom. The molecule has 22 heavy (non-hydrogen) atoms. The number of benzene rings is 1. The van der Waals surface area contributed by atoms with Crippen molar-refractivity contribution in [1.29, 1.82) is 0 Å². The largest absolute Gasteiger partial charge is 0.468 e. The molecule has 1 fully saturated rings. The monoisotopic (exact) mass is 329 g/mol. The van der Waals surface area contributed by atoms with E-state index in [2.05, 4.69) is 10.1 Å². The number of anilines is 1. The van der Waals surface area contributed by atoms with Crippen LogP contribution in [0, 0.1) is 5.82 Å². The van der Waals surface area contributed by atoms with Gasteiger partial charge in [0, 0.05) is 12.6 Å². The van der Waals surface area contributed by atoms with Crippen molar-refractivity contribution < 1.29 is 27.1 Å². The minimum atomic E-state index is -4.21. The molecule has 1 amide bonds. The first-order valence-corrected chi connectivity index (χ1v) is 8.13. The van der Waals surface area contributed by atoms with Crippen LogP contribution in [-0.2, 0) is 24.2 Å². The van der Waals surface area contributed by atoms with E-state index < -0.39 is 37.2 Å². The fourth-order valence-electron chi connectivity index (χ4n) is 2.48. The van der Waals surface area contributed by atoms with Crippen molar-refractivity contribution in [2.45, 2.75) is 35.8 Å². The summed E-state index contributed by atoms with van der Waals surface area (Å²) < 4.78 is 42.4. The van der Waals surface area contributed by atoms with Gasteiger partial charge in [-0.05, 0) is 37.5 Å². The number of ether oxygens (including phenoxy) is 1. The van der Waals surface area contributed by atoms with Crippen molar-refractivity contribution in [2.75, 3.05) is 12.4 Å². The third-order valence-corrected chi connectivity index (χ3v) is 6.29. The molecule has 1 aliphatic rings. The number of halogens is 1. The van der Waals surface area contributed by atoms with E-state index in [4.69, 9.17) is 0 Å². The van der Waals surface area contributed by atoms with Crippen LogP contribution in [0.3, 0.4) is 0 Å². The lowest BCUT2D eigenvalue weighted by Crippen LogP contribution is -2.52. The molecule has 120 valence electrons. The summed E-state index contributed by atoms with van der Waals surface area (Å²) in [4.78, 5) is 22.3. The summed E-state index contributed by atoms with van der Waals surface area (Å²) in [5.41, 5.74) is 0.143. The van der Waals surface area contributed by atoms with E-state index in [0.717, 1.165) is 19.2 Å². The number of carbonyl (C=O) groups is 2. The molecular weight excluding hydrogens is 313 g/mol. The van der Waals surface area contributed by atoms with Crippen LogP contribution in [0.5, 0.6) is 0 Å².